The number of nitrogens with one attached hydrogen (secondary N) is 1. The number of rotatable bonds is 3. The number of amides is 2. The van der Waals surface area contributed by atoms with E-state index in [-0.39, 0.29) is 23.8 Å². The van der Waals surface area contributed by atoms with Crippen LogP contribution in [0.2, 0.25) is 0 Å². The van der Waals surface area contributed by atoms with Crippen LogP contribution in [-0.2, 0) is 16.6 Å². The minimum Gasteiger partial charge on any atom is -0.344 e. The molecule has 2 amide bonds. The smallest absolute Gasteiger partial charge is 0.250 e. The molecule has 0 spiro atoms. The maximum atomic E-state index is 12.8. The summed E-state index contributed by atoms with van der Waals surface area (Å²) in [6.45, 7) is 2.53. The Hall–Kier alpha value is -1.89. The fourth-order valence-corrected chi connectivity index (χ4v) is 5.18. The number of aryl methyl sites for hydroxylation is 2. The van der Waals surface area contributed by atoms with Gasteiger partial charge < -0.3 is 11.1 Å². The molecule has 4 rings (SSSR count). The lowest BCUT2D eigenvalue weighted by Crippen LogP contribution is -2.51. The van der Waals surface area contributed by atoms with Crippen molar-refractivity contribution in [2.45, 2.75) is 57.5 Å². The number of hydrogen-bond acceptors (Lipinski definition) is 4. The van der Waals surface area contributed by atoms with Gasteiger partial charge in [-0.1, -0.05) is 6.42 Å². The molecule has 3 atom stereocenters. The molecule has 2 heterocycles. The summed E-state index contributed by atoms with van der Waals surface area (Å²) < 4.78 is 1.72. The number of anilines is 1. The summed E-state index contributed by atoms with van der Waals surface area (Å²) in [4.78, 5) is 27.3. The summed E-state index contributed by atoms with van der Waals surface area (Å²) >= 11 is 0. The van der Waals surface area contributed by atoms with Crippen molar-refractivity contribution in [3.63, 3.8) is 0 Å². The second-order valence-electron chi connectivity index (χ2n) is 8.30. The van der Waals surface area contributed by atoms with Gasteiger partial charge in [-0.3, -0.25) is 19.2 Å². The van der Waals surface area contributed by atoms with Crippen LogP contribution in [0.15, 0.2) is 6.07 Å². The number of fused-ring (bicyclic) bond motifs is 2. The van der Waals surface area contributed by atoms with Crippen molar-refractivity contribution in [3.8, 4) is 0 Å². The lowest BCUT2D eigenvalue weighted by atomic mass is 9.65. The molecular formula is C19H29N5O2. The van der Waals surface area contributed by atoms with Crippen LogP contribution in [0.1, 0.15) is 44.2 Å². The summed E-state index contributed by atoms with van der Waals surface area (Å²) in [6, 6.07) is 1.74. The highest BCUT2D eigenvalue weighted by atomic mass is 16.2. The van der Waals surface area contributed by atoms with E-state index in [1.165, 1.54) is 6.42 Å². The number of aromatic nitrogens is 2. The molecule has 3 N–H and O–H groups in total. The van der Waals surface area contributed by atoms with Gasteiger partial charge in [0.25, 0.3) is 5.91 Å². The van der Waals surface area contributed by atoms with Crippen LogP contribution in [0, 0.1) is 24.7 Å². The SMILES string of the molecule is Cc1cc(N2CCC(NC(=O)C3CC4CCCC(C3)C4N)C2=O)n(C)n1. The summed E-state index contributed by atoms with van der Waals surface area (Å²) in [7, 11) is 1.84. The highest BCUT2D eigenvalue weighted by molar-refractivity contribution is 6.01. The second kappa shape index (κ2) is 6.68. The van der Waals surface area contributed by atoms with Crippen LogP contribution in [0.5, 0.6) is 0 Å². The lowest BCUT2D eigenvalue weighted by Gasteiger charge is -2.43. The van der Waals surface area contributed by atoms with Crippen molar-refractivity contribution < 1.29 is 9.59 Å². The van der Waals surface area contributed by atoms with Gasteiger partial charge in [-0.2, -0.15) is 5.10 Å². The molecule has 3 unspecified atom stereocenters. The molecule has 1 aliphatic heterocycles. The molecule has 1 aromatic rings. The van der Waals surface area contributed by atoms with Crippen molar-refractivity contribution in [3.05, 3.63) is 11.8 Å². The quantitative estimate of drug-likeness (QED) is 0.845. The van der Waals surface area contributed by atoms with Gasteiger partial charge in [-0.25, -0.2) is 0 Å². The number of nitrogens with zero attached hydrogens (tertiary/aromatic N) is 3. The van der Waals surface area contributed by atoms with Crippen molar-refractivity contribution in [1.82, 2.24) is 15.1 Å². The molecule has 1 saturated heterocycles. The predicted molar refractivity (Wildman–Crippen MR) is 98.4 cm³/mol. The van der Waals surface area contributed by atoms with E-state index in [9.17, 15) is 9.59 Å². The molecule has 7 nitrogen and oxygen atoms in total. The van der Waals surface area contributed by atoms with Crippen molar-refractivity contribution in [2.75, 3.05) is 11.4 Å². The largest absolute Gasteiger partial charge is 0.344 e. The molecule has 2 bridgehead atoms. The van der Waals surface area contributed by atoms with Crippen molar-refractivity contribution in [1.29, 1.82) is 0 Å². The first-order valence-corrected chi connectivity index (χ1v) is 9.82. The molecule has 7 heteroatoms. The van der Waals surface area contributed by atoms with Crippen LogP contribution in [0.25, 0.3) is 0 Å². The molecule has 3 fully saturated rings. The minimum atomic E-state index is -0.423. The Morgan fingerprint density at radius 1 is 1.27 bits per heavy atom. The van der Waals surface area contributed by atoms with Crippen molar-refractivity contribution in [2.24, 2.45) is 30.5 Å². The molecule has 3 aliphatic rings. The highest BCUT2D eigenvalue weighted by Crippen LogP contribution is 2.42. The van der Waals surface area contributed by atoms with Gasteiger partial charge in [0.05, 0.1) is 5.69 Å². The fraction of sp³-hybridized carbons (Fsp3) is 0.737. The van der Waals surface area contributed by atoms with E-state index in [1.54, 1.807) is 9.58 Å². The number of nitrogens with two attached hydrogens (primary N) is 1. The van der Waals surface area contributed by atoms with Gasteiger partial charge in [-0.15, -0.1) is 0 Å². The Balaban J connectivity index is 1.39. The van der Waals surface area contributed by atoms with E-state index in [2.05, 4.69) is 10.4 Å². The number of carbonyl (C=O) groups excluding carboxylic acids is 2. The van der Waals surface area contributed by atoms with Gasteiger partial charge in [0.1, 0.15) is 11.9 Å². The Bertz CT molecular complexity index is 701. The lowest BCUT2D eigenvalue weighted by molar-refractivity contribution is -0.131. The maximum absolute atomic E-state index is 12.8. The topological polar surface area (TPSA) is 93.3 Å². The average molecular weight is 359 g/mol. The standard InChI is InChI=1S/C19H29N5O2/c1-11-8-16(23(2)22-11)24-7-6-15(19(24)26)21-18(25)14-9-12-4-3-5-13(10-14)17(12)20/h8,12-15,17H,3-7,9-10,20H2,1-2H3,(H,21,25). The zero-order valence-electron chi connectivity index (χ0n) is 15.6. The van der Waals surface area contributed by atoms with E-state index < -0.39 is 6.04 Å². The van der Waals surface area contributed by atoms with Gasteiger partial charge >= 0.3 is 0 Å². The first-order valence-electron chi connectivity index (χ1n) is 9.82. The monoisotopic (exact) mass is 359 g/mol. The molecular weight excluding hydrogens is 330 g/mol. The van der Waals surface area contributed by atoms with Crippen LogP contribution in [0.4, 0.5) is 5.82 Å². The predicted octanol–water partition coefficient (Wildman–Crippen LogP) is 1.10. The third-order valence-electron chi connectivity index (χ3n) is 6.56. The number of carbonyl (C=O) groups is 2. The summed E-state index contributed by atoms with van der Waals surface area (Å²) in [6.07, 6.45) is 5.89. The molecule has 0 radical (unpaired) electrons. The third-order valence-corrected chi connectivity index (χ3v) is 6.56. The van der Waals surface area contributed by atoms with Gasteiger partial charge in [-0.05, 0) is 50.9 Å². The van der Waals surface area contributed by atoms with E-state index in [1.807, 2.05) is 20.0 Å². The van der Waals surface area contributed by atoms with E-state index >= 15 is 0 Å². The van der Waals surface area contributed by atoms with Gasteiger partial charge in [0.15, 0.2) is 0 Å². The van der Waals surface area contributed by atoms with Gasteiger partial charge in [0, 0.05) is 31.6 Å². The second-order valence-corrected chi connectivity index (χ2v) is 8.30. The van der Waals surface area contributed by atoms with Crippen LogP contribution in [0.3, 0.4) is 0 Å². The number of hydrogen-bond donors (Lipinski definition) is 2. The highest BCUT2D eigenvalue weighted by Gasteiger charge is 2.42. The average Bonchev–Trinajstić information content (AvgIpc) is 3.09. The van der Waals surface area contributed by atoms with E-state index in [0.717, 1.165) is 37.2 Å². The van der Waals surface area contributed by atoms with Crippen LogP contribution < -0.4 is 16.0 Å². The minimum absolute atomic E-state index is 0.00546. The molecule has 2 saturated carbocycles. The normalized spacial score (nSPS) is 34.2. The van der Waals surface area contributed by atoms with Crippen LogP contribution in [-0.4, -0.2) is 40.2 Å². The first-order chi connectivity index (χ1) is 12.4. The van der Waals surface area contributed by atoms with Crippen molar-refractivity contribution >= 4 is 17.6 Å². The molecule has 1 aromatic heterocycles. The van der Waals surface area contributed by atoms with Gasteiger partial charge in [0.2, 0.25) is 5.91 Å². The van der Waals surface area contributed by atoms with E-state index in [0.29, 0.717) is 24.8 Å². The molecule has 26 heavy (non-hydrogen) atoms. The Morgan fingerprint density at radius 2 is 1.96 bits per heavy atom. The first kappa shape index (κ1) is 17.5. The Kier molecular flexibility index (Phi) is 4.50. The Morgan fingerprint density at radius 3 is 2.58 bits per heavy atom. The summed E-state index contributed by atoms with van der Waals surface area (Å²) in [5.74, 6) is 1.73. The zero-order chi connectivity index (χ0) is 18.4. The zero-order valence-corrected chi connectivity index (χ0v) is 15.6. The summed E-state index contributed by atoms with van der Waals surface area (Å²) in [5, 5.41) is 7.34. The van der Waals surface area contributed by atoms with E-state index in [4.69, 9.17) is 5.73 Å². The Labute approximate surface area is 154 Å². The summed E-state index contributed by atoms with van der Waals surface area (Å²) in [5.41, 5.74) is 7.21. The molecule has 2 aliphatic carbocycles. The fourth-order valence-electron chi connectivity index (χ4n) is 5.18. The van der Waals surface area contributed by atoms with Crippen LogP contribution >= 0.6 is 0 Å². The molecule has 0 aromatic carbocycles. The molecule has 142 valence electrons. The third kappa shape index (κ3) is 3.02. The maximum Gasteiger partial charge on any atom is 0.250 e.